The highest BCUT2D eigenvalue weighted by Crippen LogP contribution is 2.30. The van der Waals surface area contributed by atoms with Crippen molar-refractivity contribution in [3.8, 4) is 0 Å². The molecule has 6 heteroatoms. The van der Waals surface area contributed by atoms with Crippen LogP contribution in [0.3, 0.4) is 0 Å². The molecule has 164 valence electrons. The van der Waals surface area contributed by atoms with Gasteiger partial charge in [0.25, 0.3) is 6.29 Å². The van der Waals surface area contributed by atoms with Crippen molar-refractivity contribution in [2.24, 2.45) is 0 Å². The van der Waals surface area contributed by atoms with E-state index in [1.54, 1.807) is 48.5 Å². The number of carbonyl (C=O) groups excluding carboxylic acids is 2. The van der Waals surface area contributed by atoms with Gasteiger partial charge < -0.3 is 13.9 Å². The van der Waals surface area contributed by atoms with E-state index in [2.05, 4.69) is 6.58 Å². The molecule has 0 saturated carbocycles. The van der Waals surface area contributed by atoms with Crippen LogP contribution in [0.1, 0.15) is 38.1 Å². The first kappa shape index (κ1) is 23.0. The Balaban J connectivity index is 1.96. The molecule has 0 heterocycles. The summed E-state index contributed by atoms with van der Waals surface area (Å²) in [6, 6.07) is 24.7. The van der Waals surface area contributed by atoms with Crippen LogP contribution in [0, 0.1) is 0 Å². The van der Waals surface area contributed by atoms with E-state index in [0.717, 1.165) is 5.56 Å². The summed E-state index contributed by atoms with van der Waals surface area (Å²) in [5, 5.41) is 0. The minimum Gasteiger partial charge on any atom is -0.516 e. The van der Waals surface area contributed by atoms with Crippen molar-refractivity contribution in [2.75, 3.05) is 0 Å². The Morgan fingerprint density at radius 1 is 0.719 bits per heavy atom. The fourth-order valence-electron chi connectivity index (χ4n) is 2.93. The zero-order chi connectivity index (χ0) is 23.1. The van der Waals surface area contributed by atoms with Gasteiger partial charge in [0.1, 0.15) is 5.76 Å². The highest BCUT2D eigenvalue weighted by atomic mass is 28.4. The first-order valence-corrected chi connectivity index (χ1v) is 13.6. The second-order valence-electron chi connectivity index (χ2n) is 8.10. The van der Waals surface area contributed by atoms with Gasteiger partial charge in [-0.05, 0) is 37.8 Å². The van der Waals surface area contributed by atoms with Crippen molar-refractivity contribution in [1.29, 1.82) is 0 Å². The van der Waals surface area contributed by atoms with Gasteiger partial charge >= 0.3 is 11.9 Å². The summed E-state index contributed by atoms with van der Waals surface area (Å²) in [5.74, 6) is -0.746. The molecule has 0 aliphatic heterocycles. The topological polar surface area (TPSA) is 61.8 Å². The fourth-order valence-corrected chi connectivity index (χ4v) is 3.60. The average molecular weight is 447 g/mol. The second-order valence-corrected chi connectivity index (χ2v) is 12.5. The monoisotopic (exact) mass is 446 g/mol. The Morgan fingerprint density at radius 2 is 1.25 bits per heavy atom. The number of hydrogen-bond donors (Lipinski definition) is 0. The van der Waals surface area contributed by atoms with Crippen molar-refractivity contribution < 1.29 is 23.5 Å². The average Bonchev–Trinajstić information content (AvgIpc) is 2.78. The van der Waals surface area contributed by atoms with Gasteiger partial charge in [0.2, 0.25) is 8.32 Å². The van der Waals surface area contributed by atoms with E-state index >= 15 is 0 Å². The number of benzene rings is 3. The van der Waals surface area contributed by atoms with Crippen molar-refractivity contribution in [3.63, 3.8) is 0 Å². The predicted octanol–water partition coefficient (Wildman–Crippen LogP) is 6.22. The largest absolute Gasteiger partial charge is 0.516 e. The Morgan fingerprint density at radius 3 is 1.84 bits per heavy atom. The molecule has 5 nitrogen and oxygen atoms in total. The van der Waals surface area contributed by atoms with Gasteiger partial charge in [-0.15, -0.1) is 0 Å². The molecule has 3 rings (SSSR count). The smallest absolute Gasteiger partial charge is 0.341 e. The molecule has 0 radical (unpaired) electrons. The zero-order valence-electron chi connectivity index (χ0n) is 18.4. The highest BCUT2D eigenvalue weighted by molar-refractivity contribution is 6.71. The number of esters is 1. The molecule has 0 N–H and O–H groups in total. The summed E-state index contributed by atoms with van der Waals surface area (Å²) < 4.78 is 17.4. The lowest BCUT2D eigenvalue weighted by Gasteiger charge is -2.24. The Kier molecular flexibility index (Phi) is 7.28. The van der Waals surface area contributed by atoms with Gasteiger partial charge in [0, 0.05) is 11.1 Å². The van der Waals surface area contributed by atoms with Crippen LogP contribution >= 0.6 is 0 Å². The minimum atomic E-state index is -2.15. The van der Waals surface area contributed by atoms with E-state index < -0.39 is 26.5 Å². The zero-order valence-corrected chi connectivity index (χ0v) is 19.4. The van der Waals surface area contributed by atoms with E-state index in [1.807, 2.05) is 56.0 Å². The van der Waals surface area contributed by atoms with Crippen molar-refractivity contribution in [3.05, 3.63) is 114 Å². The molecular formula is C26H26O5Si. The van der Waals surface area contributed by atoms with Gasteiger partial charge in [-0.3, -0.25) is 0 Å². The van der Waals surface area contributed by atoms with Crippen LogP contribution in [0.4, 0.5) is 0 Å². The summed E-state index contributed by atoms with van der Waals surface area (Å²) in [6.07, 6.45) is -1.19. The summed E-state index contributed by atoms with van der Waals surface area (Å²) in [4.78, 5) is 25.7. The molecule has 0 saturated heterocycles. The summed E-state index contributed by atoms with van der Waals surface area (Å²) in [7, 11) is -2.15. The molecule has 32 heavy (non-hydrogen) atoms. The van der Waals surface area contributed by atoms with Gasteiger partial charge in [-0.2, -0.15) is 0 Å². The summed E-state index contributed by atoms with van der Waals surface area (Å²) >= 11 is 0. The normalized spacial score (nSPS) is 11.8. The lowest BCUT2D eigenvalue weighted by atomic mass is 10.1. The van der Waals surface area contributed by atoms with Crippen LogP contribution in [-0.2, 0) is 13.9 Å². The van der Waals surface area contributed by atoms with E-state index in [9.17, 15) is 9.59 Å². The molecule has 0 fully saturated rings. The summed E-state index contributed by atoms with van der Waals surface area (Å²) in [6.45, 7) is 9.76. The van der Waals surface area contributed by atoms with Crippen LogP contribution in [0.5, 0.6) is 0 Å². The van der Waals surface area contributed by atoms with E-state index in [0.29, 0.717) is 16.9 Å². The molecule has 0 aliphatic carbocycles. The van der Waals surface area contributed by atoms with Crippen molar-refractivity contribution >= 4 is 26.0 Å². The van der Waals surface area contributed by atoms with Crippen LogP contribution in [0.25, 0.3) is 5.76 Å². The standard InChI is InChI=1S/C26H26O5Si/c1-19(20-13-7-5-8-14-20)29-26(30-24(27)21-15-9-6-10-16-21)23-18-12-11-17-22(23)25(28)31-32(2,3)4/h5-18,26H,1H2,2-4H3. The second kappa shape index (κ2) is 10.1. The Bertz CT molecular complexity index is 1030. The third-order valence-electron chi connectivity index (χ3n) is 4.40. The van der Waals surface area contributed by atoms with Crippen LogP contribution in [-0.4, -0.2) is 20.3 Å². The van der Waals surface area contributed by atoms with Gasteiger partial charge in [-0.1, -0.05) is 73.3 Å². The molecule has 0 aliphatic rings. The minimum absolute atomic E-state index is 0.279. The van der Waals surface area contributed by atoms with Crippen molar-refractivity contribution in [1.82, 2.24) is 0 Å². The fraction of sp³-hybridized carbons (Fsp3) is 0.154. The number of ether oxygens (including phenoxy) is 2. The maximum absolute atomic E-state index is 12.9. The lowest BCUT2D eigenvalue weighted by Crippen LogP contribution is -2.30. The molecule has 3 aromatic rings. The van der Waals surface area contributed by atoms with Gasteiger partial charge in [-0.25, -0.2) is 9.59 Å². The molecule has 1 atom stereocenters. The molecule has 0 spiro atoms. The molecule has 3 aromatic carbocycles. The van der Waals surface area contributed by atoms with Gasteiger partial charge in [0.15, 0.2) is 0 Å². The maximum atomic E-state index is 12.9. The van der Waals surface area contributed by atoms with Gasteiger partial charge in [0.05, 0.1) is 11.1 Å². The highest BCUT2D eigenvalue weighted by Gasteiger charge is 2.28. The maximum Gasteiger partial charge on any atom is 0.341 e. The van der Waals surface area contributed by atoms with Crippen molar-refractivity contribution in [2.45, 2.75) is 25.9 Å². The van der Waals surface area contributed by atoms with Crippen LogP contribution < -0.4 is 0 Å². The Labute approximate surface area is 189 Å². The van der Waals surface area contributed by atoms with Crippen LogP contribution in [0.15, 0.2) is 91.5 Å². The summed E-state index contributed by atoms with van der Waals surface area (Å²) in [5.41, 5.74) is 1.77. The quantitative estimate of drug-likeness (QED) is 0.178. The first-order chi connectivity index (χ1) is 15.2. The van der Waals surface area contributed by atoms with Crippen LogP contribution in [0.2, 0.25) is 19.6 Å². The number of carbonyl (C=O) groups is 2. The molecule has 0 bridgehead atoms. The lowest BCUT2D eigenvalue weighted by molar-refractivity contribution is -0.0662. The van der Waals surface area contributed by atoms with E-state index in [-0.39, 0.29) is 5.56 Å². The SMILES string of the molecule is C=C(OC(OC(=O)c1ccccc1)c1ccccc1C(=O)O[Si](C)(C)C)c1ccccc1. The molecule has 0 aromatic heterocycles. The Hall–Kier alpha value is -3.64. The predicted molar refractivity (Wildman–Crippen MR) is 126 cm³/mol. The first-order valence-electron chi connectivity index (χ1n) is 10.2. The molecule has 0 amide bonds. The van der Waals surface area contributed by atoms with E-state index in [1.165, 1.54) is 0 Å². The number of hydrogen-bond acceptors (Lipinski definition) is 5. The third-order valence-corrected chi connectivity index (χ3v) is 5.20. The van der Waals surface area contributed by atoms with E-state index in [4.69, 9.17) is 13.9 Å². The molecular weight excluding hydrogens is 420 g/mol. The number of rotatable bonds is 8. The third kappa shape index (κ3) is 6.18. The molecule has 1 unspecified atom stereocenters.